The maximum absolute atomic E-state index is 12.0. The lowest BCUT2D eigenvalue weighted by Gasteiger charge is -2.16. The van der Waals surface area contributed by atoms with Gasteiger partial charge in [0.15, 0.2) is 0 Å². The van der Waals surface area contributed by atoms with Gasteiger partial charge in [-0.05, 0) is 62.1 Å². The predicted molar refractivity (Wildman–Crippen MR) is 83.0 cm³/mol. The number of aromatic amines is 1. The van der Waals surface area contributed by atoms with E-state index in [0.717, 1.165) is 35.6 Å². The molecule has 0 radical (unpaired) electrons. The van der Waals surface area contributed by atoms with E-state index in [1.165, 1.54) is 25.7 Å². The second-order valence-electron chi connectivity index (χ2n) is 6.50. The number of rotatable bonds is 6. The average molecular weight is 283 g/mol. The first kappa shape index (κ1) is 13.0. The summed E-state index contributed by atoms with van der Waals surface area (Å²) in [4.78, 5) is 19.4. The van der Waals surface area contributed by atoms with Gasteiger partial charge in [0.05, 0.1) is 17.4 Å². The Morgan fingerprint density at radius 2 is 1.90 bits per heavy atom. The van der Waals surface area contributed by atoms with E-state index in [1.54, 1.807) is 0 Å². The molecule has 4 nitrogen and oxygen atoms in total. The molecular weight excluding hydrogens is 262 g/mol. The van der Waals surface area contributed by atoms with E-state index in [-0.39, 0.29) is 5.56 Å². The number of aromatic nitrogens is 2. The van der Waals surface area contributed by atoms with Crippen molar-refractivity contribution in [2.45, 2.75) is 32.2 Å². The van der Waals surface area contributed by atoms with Crippen molar-refractivity contribution in [1.29, 1.82) is 0 Å². The van der Waals surface area contributed by atoms with Crippen LogP contribution in [0.2, 0.25) is 0 Å². The molecule has 2 aliphatic rings. The van der Waals surface area contributed by atoms with Gasteiger partial charge in [0.2, 0.25) is 0 Å². The number of hydrogen-bond donors (Lipinski definition) is 2. The minimum absolute atomic E-state index is 0.0432. The van der Waals surface area contributed by atoms with Gasteiger partial charge in [0, 0.05) is 0 Å². The Kier molecular flexibility index (Phi) is 3.26. The summed E-state index contributed by atoms with van der Waals surface area (Å²) in [6.07, 6.45) is 5.64. The number of hydrogen-bond acceptors (Lipinski definition) is 3. The van der Waals surface area contributed by atoms with Crippen molar-refractivity contribution in [2.24, 2.45) is 17.8 Å². The molecule has 0 bridgehead atoms. The Bertz CT molecular complexity index is 688. The zero-order chi connectivity index (χ0) is 14.2. The van der Waals surface area contributed by atoms with Crippen LogP contribution in [0.25, 0.3) is 10.9 Å². The summed E-state index contributed by atoms with van der Waals surface area (Å²) in [5, 5.41) is 4.17. The van der Waals surface area contributed by atoms with E-state index in [9.17, 15) is 4.79 Å². The van der Waals surface area contributed by atoms with Gasteiger partial charge in [-0.1, -0.05) is 12.1 Å². The third kappa shape index (κ3) is 2.86. The monoisotopic (exact) mass is 283 g/mol. The molecule has 4 heteroatoms. The SMILES string of the molecule is O=c1[nH]c(CNCC(C2CC2)C2CC2)nc2ccccc12. The van der Waals surface area contributed by atoms with E-state index in [2.05, 4.69) is 15.3 Å². The molecule has 0 aliphatic heterocycles. The molecule has 1 heterocycles. The smallest absolute Gasteiger partial charge is 0.258 e. The maximum Gasteiger partial charge on any atom is 0.258 e. The molecule has 2 saturated carbocycles. The van der Waals surface area contributed by atoms with Gasteiger partial charge >= 0.3 is 0 Å². The fraction of sp³-hybridized carbons (Fsp3) is 0.529. The van der Waals surface area contributed by atoms with Crippen LogP contribution in [0.1, 0.15) is 31.5 Å². The highest BCUT2D eigenvalue weighted by Gasteiger charge is 2.40. The lowest BCUT2D eigenvalue weighted by atomic mass is 9.98. The summed E-state index contributed by atoms with van der Waals surface area (Å²) in [6.45, 7) is 1.71. The zero-order valence-corrected chi connectivity index (χ0v) is 12.1. The highest BCUT2D eigenvalue weighted by molar-refractivity contribution is 5.77. The molecule has 2 aliphatic carbocycles. The van der Waals surface area contributed by atoms with Crippen LogP contribution < -0.4 is 10.9 Å². The summed E-state index contributed by atoms with van der Waals surface area (Å²) in [5.41, 5.74) is 0.734. The Balaban J connectivity index is 1.43. The van der Waals surface area contributed by atoms with Crippen LogP contribution in [0.5, 0.6) is 0 Å². The first-order chi connectivity index (χ1) is 10.3. The van der Waals surface area contributed by atoms with Gasteiger partial charge < -0.3 is 10.3 Å². The number of nitrogens with one attached hydrogen (secondary N) is 2. The number of fused-ring (bicyclic) bond motifs is 1. The van der Waals surface area contributed by atoms with Gasteiger partial charge in [0.1, 0.15) is 5.82 Å². The molecule has 110 valence electrons. The Labute approximate surface area is 124 Å². The summed E-state index contributed by atoms with van der Waals surface area (Å²) in [6, 6.07) is 7.50. The van der Waals surface area contributed by atoms with Gasteiger partial charge in [-0.15, -0.1) is 0 Å². The molecule has 1 aromatic carbocycles. The van der Waals surface area contributed by atoms with Crippen molar-refractivity contribution >= 4 is 10.9 Å². The number of para-hydroxylation sites is 1. The van der Waals surface area contributed by atoms with E-state index >= 15 is 0 Å². The van der Waals surface area contributed by atoms with Crippen LogP contribution >= 0.6 is 0 Å². The predicted octanol–water partition coefficient (Wildman–Crippen LogP) is 2.45. The fourth-order valence-electron chi connectivity index (χ4n) is 3.34. The van der Waals surface area contributed by atoms with Crippen molar-refractivity contribution in [3.8, 4) is 0 Å². The Morgan fingerprint density at radius 1 is 1.19 bits per heavy atom. The van der Waals surface area contributed by atoms with Crippen LogP contribution in [-0.4, -0.2) is 16.5 Å². The normalized spacial score (nSPS) is 18.5. The lowest BCUT2D eigenvalue weighted by molar-refractivity contribution is 0.376. The van der Waals surface area contributed by atoms with Crippen molar-refractivity contribution < 1.29 is 0 Å². The van der Waals surface area contributed by atoms with E-state index in [1.807, 2.05) is 24.3 Å². The molecule has 21 heavy (non-hydrogen) atoms. The molecule has 2 aromatic rings. The third-order valence-corrected chi connectivity index (χ3v) is 4.79. The minimum atomic E-state index is -0.0432. The molecule has 0 spiro atoms. The van der Waals surface area contributed by atoms with Crippen molar-refractivity contribution in [3.05, 3.63) is 40.4 Å². The van der Waals surface area contributed by atoms with Gasteiger partial charge in [0.25, 0.3) is 5.56 Å². The van der Waals surface area contributed by atoms with E-state index in [0.29, 0.717) is 11.9 Å². The summed E-state index contributed by atoms with van der Waals surface area (Å²) < 4.78 is 0. The molecule has 4 rings (SSSR count). The topological polar surface area (TPSA) is 57.8 Å². The van der Waals surface area contributed by atoms with Crippen LogP contribution in [0.4, 0.5) is 0 Å². The minimum Gasteiger partial charge on any atom is -0.310 e. The van der Waals surface area contributed by atoms with Crippen LogP contribution in [-0.2, 0) is 6.54 Å². The molecule has 0 amide bonds. The van der Waals surface area contributed by atoms with Crippen LogP contribution in [0.3, 0.4) is 0 Å². The Morgan fingerprint density at radius 3 is 2.62 bits per heavy atom. The Hall–Kier alpha value is -1.68. The number of benzene rings is 1. The summed E-state index contributed by atoms with van der Waals surface area (Å²) >= 11 is 0. The van der Waals surface area contributed by atoms with E-state index in [4.69, 9.17) is 0 Å². The first-order valence-electron chi connectivity index (χ1n) is 8.00. The number of nitrogens with zero attached hydrogens (tertiary/aromatic N) is 1. The molecule has 0 saturated heterocycles. The summed E-state index contributed by atoms with van der Waals surface area (Å²) in [5.74, 6) is 3.49. The lowest BCUT2D eigenvalue weighted by Crippen LogP contribution is -2.27. The van der Waals surface area contributed by atoms with E-state index < -0.39 is 0 Å². The quantitative estimate of drug-likeness (QED) is 0.856. The molecule has 0 unspecified atom stereocenters. The van der Waals surface area contributed by atoms with Crippen molar-refractivity contribution in [1.82, 2.24) is 15.3 Å². The third-order valence-electron chi connectivity index (χ3n) is 4.79. The van der Waals surface area contributed by atoms with Crippen LogP contribution in [0, 0.1) is 17.8 Å². The van der Waals surface area contributed by atoms with Crippen LogP contribution in [0.15, 0.2) is 29.1 Å². The average Bonchev–Trinajstić information content (AvgIpc) is 3.37. The fourth-order valence-corrected chi connectivity index (χ4v) is 3.34. The van der Waals surface area contributed by atoms with Gasteiger partial charge in [-0.2, -0.15) is 0 Å². The molecular formula is C17H21N3O. The molecule has 2 N–H and O–H groups in total. The zero-order valence-electron chi connectivity index (χ0n) is 12.1. The highest BCUT2D eigenvalue weighted by Crippen LogP contribution is 2.48. The first-order valence-corrected chi connectivity index (χ1v) is 8.00. The standard InChI is InChI=1S/C17H21N3O/c21-17-13-3-1-2-4-15(13)19-16(20-17)10-18-9-14(11-5-6-11)12-7-8-12/h1-4,11-12,14,18H,5-10H2,(H,19,20,21). The van der Waals surface area contributed by atoms with Gasteiger partial charge in [-0.25, -0.2) is 4.98 Å². The second-order valence-corrected chi connectivity index (χ2v) is 6.50. The highest BCUT2D eigenvalue weighted by atomic mass is 16.1. The van der Waals surface area contributed by atoms with Gasteiger partial charge in [-0.3, -0.25) is 4.79 Å². The van der Waals surface area contributed by atoms with Crippen molar-refractivity contribution in [3.63, 3.8) is 0 Å². The number of H-pyrrole nitrogens is 1. The van der Waals surface area contributed by atoms with Crippen molar-refractivity contribution in [2.75, 3.05) is 6.54 Å². The molecule has 0 atom stereocenters. The largest absolute Gasteiger partial charge is 0.310 e. The molecule has 2 fully saturated rings. The second kappa shape index (κ2) is 5.26. The molecule has 1 aromatic heterocycles. The maximum atomic E-state index is 12.0. The summed E-state index contributed by atoms with van der Waals surface area (Å²) in [7, 11) is 0.